The van der Waals surface area contributed by atoms with Crippen molar-refractivity contribution in [2.75, 3.05) is 10.6 Å². The molecule has 5 heteroatoms. The highest BCUT2D eigenvalue weighted by molar-refractivity contribution is 6.00. The zero-order valence-corrected chi connectivity index (χ0v) is 12.0. The van der Waals surface area contributed by atoms with E-state index >= 15 is 0 Å². The predicted molar refractivity (Wildman–Crippen MR) is 82.1 cm³/mol. The van der Waals surface area contributed by atoms with Crippen molar-refractivity contribution in [1.29, 1.82) is 0 Å². The molecule has 22 heavy (non-hydrogen) atoms. The van der Waals surface area contributed by atoms with E-state index in [0.29, 0.717) is 0 Å². The number of rotatable bonds is 2. The Morgan fingerprint density at radius 2 is 1.73 bits per heavy atom. The van der Waals surface area contributed by atoms with Crippen molar-refractivity contribution < 1.29 is 13.6 Å². The lowest BCUT2D eigenvalue weighted by molar-refractivity contribution is 0.262. The number of halogens is 2. The van der Waals surface area contributed by atoms with Crippen LogP contribution in [0.3, 0.4) is 0 Å². The molecule has 2 amide bonds. The topological polar surface area (TPSA) is 41.1 Å². The fourth-order valence-corrected chi connectivity index (χ4v) is 2.77. The van der Waals surface area contributed by atoms with Gasteiger partial charge in [-0.3, -0.25) is 0 Å². The normalized spacial score (nSPS) is 13.4. The van der Waals surface area contributed by atoms with Crippen molar-refractivity contribution in [3.8, 4) is 0 Å². The third kappa shape index (κ3) is 3.08. The molecule has 0 bridgehead atoms. The Balaban J connectivity index is 1.75. The molecule has 0 atom stereocenters. The Labute approximate surface area is 127 Å². The van der Waals surface area contributed by atoms with E-state index < -0.39 is 17.7 Å². The fourth-order valence-electron chi connectivity index (χ4n) is 2.77. The molecule has 2 aromatic rings. The van der Waals surface area contributed by atoms with Crippen molar-refractivity contribution in [2.24, 2.45) is 0 Å². The maximum atomic E-state index is 13.5. The predicted octanol–water partition coefficient (Wildman–Crippen LogP) is 4.49. The molecule has 0 saturated carbocycles. The van der Waals surface area contributed by atoms with E-state index in [1.54, 1.807) is 0 Å². The Hall–Kier alpha value is -2.43. The number of urea groups is 1. The molecule has 0 saturated heterocycles. The van der Waals surface area contributed by atoms with E-state index in [0.717, 1.165) is 49.1 Å². The number of amides is 2. The van der Waals surface area contributed by atoms with Gasteiger partial charge in [-0.2, -0.15) is 0 Å². The van der Waals surface area contributed by atoms with Crippen LogP contribution < -0.4 is 10.6 Å². The number of hydrogen-bond donors (Lipinski definition) is 2. The molecule has 2 aromatic carbocycles. The van der Waals surface area contributed by atoms with Gasteiger partial charge in [0.05, 0.1) is 5.69 Å². The zero-order chi connectivity index (χ0) is 15.5. The number of hydrogen-bond acceptors (Lipinski definition) is 1. The number of benzene rings is 2. The van der Waals surface area contributed by atoms with Gasteiger partial charge in [0.2, 0.25) is 0 Å². The van der Waals surface area contributed by atoms with E-state index in [2.05, 4.69) is 16.7 Å². The Morgan fingerprint density at radius 1 is 0.955 bits per heavy atom. The summed E-state index contributed by atoms with van der Waals surface area (Å²) in [6, 6.07) is 8.30. The quantitative estimate of drug-likeness (QED) is 0.843. The summed E-state index contributed by atoms with van der Waals surface area (Å²) in [6.45, 7) is 0. The monoisotopic (exact) mass is 302 g/mol. The van der Waals surface area contributed by atoms with Crippen LogP contribution in [-0.4, -0.2) is 6.03 Å². The molecule has 0 aromatic heterocycles. The summed E-state index contributed by atoms with van der Waals surface area (Å²) >= 11 is 0. The van der Waals surface area contributed by atoms with E-state index in [4.69, 9.17) is 0 Å². The Kier molecular flexibility index (Phi) is 4.04. The van der Waals surface area contributed by atoms with Gasteiger partial charge in [-0.1, -0.05) is 12.1 Å². The molecular weight excluding hydrogens is 286 g/mol. The summed E-state index contributed by atoms with van der Waals surface area (Å²) in [7, 11) is 0. The minimum Gasteiger partial charge on any atom is -0.307 e. The highest BCUT2D eigenvalue weighted by Crippen LogP contribution is 2.28. The Bertz CT molecular complexity index is 716. The smallest absolute Gasteiger partial charge is 0.307 e. The lowest BCUT2D eigenvalue weighted by Crippen LogP contribution is -2.21. The highest BCUT2D eigenvalue weighted by Gasteiger charge is 2.15. The third-order valence-electron chi connectivity index (χ3n) is 3.82. The van der Waals surface area contributed by atoms with Gasteiger partial charge in [0.1, 0.15) is 11.6 Å². The van der Waals surface area contributed by atoms with Crippen LogP contribution >= 0.6 is 0 Å². The summed E-state index contributed by atoms with van der Waals surface area (Å²) in [4.78, 5) is 12.0. The number of carbonyl (C=O) groups excluding carboxylic acids is 1. The number of carbonyl (C=O) groups is 1. The lowest BCUT2D eigenvalue weighted by atomic mass is 9.90. The third-order valence-corrected chi connectivity index (χ3v) is 3.82. The summed E-state index contributed by atoms with van der Waals surface area (Å²) in [5.41, 5.74) is 3.08. The molecule has 0 spiro atoms. The SMILES string of the molecule is O=C(Nc1ccc(F)cc1F)Nc1cccc2c1CCCC2. The van der Waals surface area contributed by atoms with Gasteiger partial charge < -0.3 is 10.6 Å². The second kappa shape index (κ2) is 6.13. The van der Waals surface area contributed by atoms with Gasteiger partial charge in [0.15, 0.2) is 0 Å². The Morgan fingerprint density at radius 3 is 2.55 bits per heavy atom. The van der Waals surface area contributed by atoms with Crippen LogP contribution in [0.4, 0.5) is 25.0 Å². The maximum Gasteiger partial charge on any atom is 0.323 e. The van der Waals surface area contributed by atoms with E-state index in [1.807, 2.05) is 12.1 Å². The van der Waals surface area contributed by atoms with Crippen LogP contribution in [0.2, 0.25) is 0 Å². The molecule has 0 aliphatic heterocycles. The van der Waals surface area contributed by atoms with Crippen LogP contribution in [-0.2, 0) is 12.8 Å². The molecule has 2 N–H and O–H groups in total. The lowest BCUT2D eigenvalue weighted by Gasteiger charge is -2.19. The molecule has 0 radical (unpaired) electrons. The number of anilines is 2. The highest BCUT2D eigenvalue weighted by atomic mass is 19.1. The molecule has 1 aliphatic carbocycles. The van der Waals surface area contributed by atoms with Gasteiger partial charge in [-0.15, -0.1) is 0 Å². The first-order valence-corrected chi connectivity index (χ1v) is 7.27. The fraction of sp³-hybridized carbons (Fsp3) is 0.235. The first kappa shape index (κ1) is 14.5. The van der Waals surface area contributed by atoms with Gasteiger partial charge in [-0.05, 0) is 55.0 Å². The zero-order valence-electron chi connectivity index (χ0n) is 12.0. The van der Waals surface area contributed by atoms with Gasteiger partial charge in [-0.25, -0.2) is 13.6 Å². The number of aryl methyl sites for hydroxylation is 1. The number of nitrogens with one attached hydrogen (secondary N) is 2. The molecule has 3 rings (SSSR count). The first-order chi connectivity index (χ1) is 10.6. The molecule has 0 heterocycles. The average Bonchev–Trinajstić information content (AvgIpc) is 2.50. The van der Waals surface area contributed by atoms with Crippen LogP contribution in [0.1, 0.15) is 24.0 Å². The summed E-state index contributed by atoms with van der Waals surface area (Å²) in [5, 5.41) is 5.15. The summed E-state index contributed by atoms with van der Waals surface area (Å²) in [5.74, 6) is -1.48. The first-order valence-electron chi connectivity index (χ1n) is 7.27. The largest absolute Gasteiger partial charge is 0.323 e. The van der Waals surface area contributed by atoms with Gasteiger partial charge in [0, 0.05) is 11.8 Å². The minimum atomic E-state index is -0.801. The van der Waals surface area contributed by atoms with Crippen LogP contribution in [0.15, 0.2) is 36.4 Å². The van der Waals surface area contributed by atoms with E-state index in [9.17, 15) is 13.6 Å². The second-order valence-corrected chi connectivity index (χ2v) is 5.35. The maximum absolute atomic E-state index is 13.5. The standard InChI is InChI=1S/C17H16F2N2O/c18-12-8-9-16(14(19)10-12)21-17(22)20-15-7-3-5-11-4-1-2-6-13(11)15/h3,5,7-10H,1-2,4,6H2,(H2,20,21,22). The van der Waals surface area contributed by atoms with Gasteiger partial charge in [0.25, 0.3) is 0 Å². The van der Waals surface area contributed by atoms with Crippen molar-refractivity contribution in [1.82, 2.24) is 0 Å². The summed E-state index contributed by atoms with van der Waals surface area (Å²) < 4.78 is 26.4. The van der Waals surface area contributed by atoms with Crippen LogP contribution in [0.25, 0.3) is 0 Å². The number of fused-ring (bicyclic) bond motifs is 1. The molecule has 114 valence electrons. The van der Waals surface area contributed by atoms with Crippen molar-refractivity contribution in [2.45, 2.75) is 25.7 Å². The van der Waals surface area contributed by atoms with Crippen LogP contribution in [0.5, 0.6) is 0 Å². The van der Waals surface area contributed by atoms with Crippen molar-refractivity contribution in [3.63, 3.8) is 0 Å². The average molecular weight is 302 g/mol. The molecule has 0 unspecified atom stereocenters. The van der Waals surface area contributed by atoms with Crippen molar-refractivity contribution in [3.05, 3.63) is 59.2 Å². The molecule has 1 aliphatic rings. The second-order valence-electron chi connectivity index (χ2n) is 5.35. The molecule has 0 fully saturated rings. The van der Waals surface area contributed by atoms with E-state index in [-0.39, 0.29) is 5.69 Å². The summed E-state index contributed by atoms with van der Waals surface area (Å²) in [6.07, 6.45) is 4.19. The molecule has 3 nitrogen and oxygen atoms in total. The van der Waals surface area contributed by atoms with E-state index in [1.165, 1.54) is 11.6 Å². The van der Waals surface area contributed by atoms with Crippen LogP contribution in [0, 0.1) is 11.6 Å². The molecular formula is C17H16F2N2O. The van der Waals surface area contributed by atoms with Crippen molar-refractivity contribution >= 4 is 17.4 Å². The minimum absolute atomic E-state index is 0.0521. The van der Waals surface area contributed by atoms with Gasteiger partial charge >= 0.3 is 6.03 Å².